The standard InChI is InChI=1S/C20H22Cl2N6O4/c1-11-8-14(21)4-5-15(11)31-10-17(29)23-6-7-24-19(30)20-25-16(27-32-20)9-28-13(3)18(22)12(2)26-28/h4-5,8H,6-7,9-10H2,1-3H3,(H,23,29)(H,24,30). The summed E-state index contributed by atoms with van der Waals surface area (Å²) in [5.41, 5.74) is 2.30. The van der Waals surface area contributed by atoms with Gasteiger partial charge >= 0.3 is 11.8 Å². The summed E-state index contributed by atoms with van der Waals surface area (Å²) >= 11 is 12.0. The molecular formula is C20H22Cl2N6O4. The minimum atomic E-state index is -0.544. The molecule has 0 aliphatic carbocycles. The van der Waals surface area contributed by atoms with Crippen molar-refractivity contribution >= 4 is 35.0 Å². The quantitative estimate of drug-likeness (QED) is 0.450. The molecular weight excluding hydrogens is 459 g/mol. The van der Waals surface area contributed by atoms with Crippen LogP contribution in [0.25, 0.3) is 0 Å². The number of amides is 2. The van der Waals surface area contributed by atoms with Gasteiger partial charge in [0.25, 0.3) is 5.91 Å². The molecule has 32 heavy (non-hydrogen) atoms. The lowest BCUT2D eigenvalue weighted by Crippen LogP contribution is -2.36. The Morgan fingerprint density at radius 1 is 1.16 bits per heavy atom. The SMILES string of the molecule is Cc1cc(Cl)ccc1OCC(=O)NCCNC(=O)c1nc(Cn2nc(C)c(Cl)c2C)no1. The Bertz CT molecular complexity index is 1130. The van der Waals surface area contributed by atoms with Crippen molar-refractivity contribution in [3.05, 3.63) is 56.9 Å². The zero-order valence-electron chi connectivity index (χ0n) is 17.7. The van der Waals surface area contributed by atoms with E-state index in [0.717, 1.165) is 11.3 Å². The van der Waals surface area contributed by atoms with Crippen LogP contribution in [-0.4, -0.2) is 51.4 Å². The average molecular weight is 481 g/mol. The number of ether oxygens (including phenoxy) is 1. The van der Waals surface area contributed by atoms with Gasteiger partial charge < -0.3 is 19.9 Å². The van der Waals surface area contributed by atoms with Crippen molar-refractivity contribution in [2.24, 2.45) is 0 Å². The summed E-state index contributed by atoms with van der Waals surface area (Å²) in [4.78, 5) is 28.1. The molecule has 2 N–H and O–H groups in total. The Hall–Kier alpha value is -3.11. The first-order chi connectivity index (χ1) is 15.2. The lowest BCUT2D eigenvalue weighted by molar-refractivity contribution is -0.123. The van der Waals surface area contributed by atoms with Gasteiger partial charge in [-0.2, -0.15) is 10.1 Å². The number of hydrogen-bond donors (Lipinski definition) is 2. The van der Waals surface area contributed by atoms with Crippen LogP contribution in [0.5, 0.6) is 5.75 Å². The molecule has 2 heterocycles. The molecule has 2 amide bonds. The summed E-state index contributed by atoms with van der Waals surface area (Å²) in [6, 6.07) is 5.14. The Morgan fingerprint density at radius 3 is 2.59 bits per heavy atom. The van der Waals surface area contributed by atoms with E-state index in [-0.39, 0.29) is 38.0 Å². The van der Waals surface area contributed by atoms with Crippen molar-refractivity contribution in [3.63, 3.8) is 0 Å². The number of carbonyl (C=O) groups excluding carboxylic acids is 2. The number of aryl methyl sites for hydroxylation is 2. The van der Waals surface area contributed by atoms with Gasteiger partial charge in [-0.05, 0) is 44.5 Å². The number of halogens is 2. The maximum atomic E-state index is 12.2. The topological polar surface area (TPSA) is 124 Å². The van der Waals surface area contributed by atoms with Crippen molar-refractivity contribution in [1.82, 2.24) is 30.6 Å². The smallest absolute Gasteiger partial charge is 0.316 e. The van der Waals surface area contributed by atoms with Gasteiger partial charge in [-0.15, -0.1) is 0 Å². The Kier molecular flexibility index (Phi) is 7.70. The Morgan fingerprint density at radius 2 is 1.91 bits per heavy atom. The van der Waals surface area contributed by atoms with Crippen molar-refractivity contribution in [2.45, 2.75) is 27.3 Å². The van der Waals surface area contributed by atoms with Gasteiger partial charge in [0.15, 0.2) is 12.4 Å². The van der Waals surface area contributed by atoms with E-state index >= 15 is 0 Å². The highest BCUT2D eigenvalue weighted by atomic mass is 35.5. The summed E-state index contributed by atoms with van der Waals surface area (Å²) in [6.07, 6.45) is 0. The highest BCUT2D eigenvalue weighted by Gasteiger charge is 2.17. The predicted molar refractivity (Wildman–Crippen MR) is 117 cm³/mol. The fourth-order valence-electron chi connectivity index (χ4n) is 2.80. The summed E-state index contributed by atoms with van der Waals surface area (Å²) < 4.78 is 12.1. The van der Waals surface area contributed by atoms with Gasteiger partial charge in [0, 0.05) is 18.1 Å². The molecule has 0 saturated carbocycles. The van der Waals surface area contributed by atoms with E-state index in [0.29, 0.717) is 27.3 Å². The van der Waals surface area contributed by atoms with E-state index in [1.54, 1.807) is 29.8 Å². The molecule has 0 bridgehead atoms. The predicted octanol–water partition coefficient (Wildman–Crippen LogP) is 2.47. The molecule has 0 fully saturated rings. The van der Waals surface area contributed by atoms with E-state index in [9.17, 15) is 9.59 Å². The highest BCUT2D eigenvalue weighted by Crippen LogP contribution is 2.21. The van der Waals surface area contributed by atoms with Crippen LogP contribution in [-0.2, 0) is 11.3 Å². The molecule has 0 unspecified atom stereocenters. The molecule has 3 rings (SSSR count). The van der Waals surface area contributed by atoms with E-state index < -0.39 is 5.91 Å². The lowest BCUT2D eigenvalue weighted by atomic mass is 10.2. The van der Waals surface area contributed by atoms with Gasteiger partial charge in [-0.1, -0.05) is 28.4 Å². The summed E-state index contributed by atoms with van der Waals surface area (Å²) in [5, 5.41) is 14.5. The second kappa shape index (κ2) is 10.5. The maximum absolute atomic E-state index is 12.2. The van der Waals surface area contributed by atoms with Crippen LogP contribution < -0.4 is 15.4 Å². The fourth-order valence-corrected chi connectivity index (χ4v) is 3.16. The number of nitrogens with zero attached hydrogens (tertiary/aromatic N) is 4. The van der Waals surface area contributed by atoms with Crippen LogP contribution in [0.4, 0.5) is 0 Å². The monoisotopic (exact) mass is 480 g/mol. The highest BCUT2D eigenvalue weighted by molar-refractivity contribution is 6.31. The van der Waals surface area contributed by atoms with Gasteiger partial charge in [0.1, 0.15) is 12.3 Å². The van der Waals surface area contributed by atoms with Crippen LogP contribution in [0.3, 0.4) is 0 Å². The summed E-state index contributed by atoms with van der Waals surface area (Å²) in [7, 11) is 0. The van der Waals surface area contributed by atoms with Crippen LogP contribution in [0.1, 0.15) is 33.5 Å². The maximum Gasteiger partial charge on any atom is 0.316 e. The van der Waals surface area contributed by atoms with E-state index in [2.05, 4.69) is 25.9 Å². The molecule has 0 saturated heterocycles. The molecule has 0 radical (unpaired) electrons. The minimum absolute atomic E-state index is 0.153. The molecule has 3 aromatic rings. The van der Waals surface area contributed by atoms with E-state index in [4.69, 9.17) is 32.5 Å². The molecule has 2 aromatic heterocycles. The van der Waals surface area contributed by atoms with E-state index in [1.165, 1.54) is 0 Å². The van der Waals surface area contributed by atoms with Crippen LogP contribution in [0, 0.1) is 20.8 Å². The summed E-state index contributed by atoms with van der Waals surface area (Å²) in [5.74, 6) is -0.177. The number of benzene rings is 1. The molecule has 170 valence electrons. The second-order valence-electron chi connectivity index (χ2n) is 6.96. The van der Waals surface area contributed by atoms with Gasteiger partial charge in [-0.3, -0.25) is 14.3 Å². The lowest BCUT2D eigenvalue weighted by Gasteiger charge is -2.10. The third-order valence-electron chi connectivity index (χ3n) is 4.48. The average Bonchev–Trinajstić information content (AvgIpc) is 3.31. The molecule has 10 nitrogen and oxygen atoms in total. The summed E-state index contributed by atoms with van der Waals surface area (Å²) in [6.45, 7) is 5.91. The zero-order valence-corrected chi connectivity index (χ0v) is 19.3. The number of nitrogens with one attached hydrogen (secondary N) is 2. The third kappa shape index (κ3) is 5.98. The van der Waals surface area contributed by atoms with Crippen molar-refractivity contribution in [3.8, 4) is 5.75 Å². The number of hydrogen-bond acceptors (Lipinski definition) is 7. The molecule has 0 aliphatic rings. The van der Waals surface area contributed by atoms with Gasteiger partial charge in [-0.25, -0.2) is 0 Å². The van der Waals surface area contributed by atoms with Crippen LogP contribution in [0.15, 0.2) is 22.7 Å². The van der Waals surface area contributed by atoms with E-state index in [1.807, 2.05) is 13.8 Å². The fraction of sp³-hybridized carbons (Fsp3) is 0.350. The Balaban J connectivity index is 1.39. The third-order valence-corrected chi connectivity index (χ3v) is 5.26. The first-order valence-electron chi connectivity index (χ1n) is 9.70. The van der Waals surface area contributed by atoms with Crippen LogP contribution in [0.2, 0.25) is 10.0 Å². The van der Waals surface area contributed by atoms with Crippen molar-refractivity contribution < 1.29 is 18.8 Å². The van der Waals surface area contributed by atoms with Crippen molar-refractivity contribution in [1.29, 1.82) is 0 Å². The molecule has 12 heteroatoms. The largest absolute Gasteiger partial charge is 0.484 e. The normalized spacial score (nSPS) is 10.8. The van der Waals surface area contributed by atoms with Crippen LogP contribution >= 0.6 is 23.2 Å². The first kappa shape index (κ1) is 23.6. The number of carbonyl (C=O) groups is 2. The zero-order chi connectivity index (χ0) is 23.3. The number of rotatable bonds is 9. The number of aromatic nitrogens is 4. The molecule has 0 aliphatic heterocycles. The van der Waals surface area contributed by atoms with Gasteiger partial charge in [0.2, 0.25) is 0 Å². The minimum Gasteiger partial charge on any atom is -0.484 e. The first-order valence-corrected chi connectivity index (χ1v) is 10.5. The molecule has 1 aromatic carbocycles. The Labute approximate surface area is 194 Å². The molecule has 0 spiro atoms. The van der Waals surface area contributed by atoms with Gasteiger partial charge in [0.05, 0.1) is 16.4 Å². The van der Waals surface area contributed by atoms with Crippen molar-refractivity contribution in [2.75, 3.05) is 19.7 Å². The second-order valence-corrected chi connectivity index (χ2v) is 7.78. The molecule has 0 atom stereocenters.